The molecule has 2 aromatic rings. The fourth-order valence-corrected chi connectivity index (χ4v) is 3.14. The van der Waals surface area contributed by atoms with Gasteiger partial charge in [-0.25, -0.2) is 0 Å². The van der Waals surface area contributed by atoms with E-state index in [0.717, 1.165) is 0 Å². The molecule has 0 aromatic heterocycles. The van der Waals surface area contributed by atoms with Crippen LogP contribution in [0.15, 0.2) is 54.9 Å². The van der Waals surface area contributed by atoms with Crippen molar-refractivity contribution in [1.29, 1.82) is 0 Å². The van der Waals surface area contributed by atoms with Crippen LogP contribution in [-0.2, 0) is 0 Å². The van der Waals surface area contributed by atoms with Gasteiger partial charge in [0.2, 0.25) is 0 Å². The predicted molar refractivity (Wildman–Crippen MR) is 90.7 cm³/mol. The monoisotopic (exact) mass is 278 g/mol. The summed E-state index contributed by atoms with van der Waals surface area (Å²) in [4.78, 5) is 4.69. The SMILES string of the molecule is Cc1ccccc1N1C=CN(c2c(C)cccc2C)C1C. The Morgan fingerprint density at radius 1 is 0.714 bits per heavy atom. The number of benzene rings is 2. The van der Waals surface area contributed by atoms with Crippen LogP contribution in [0.4, 0.5) is 11.4 Å². The summed E-state index contributed by atoms with van der Waals surface area (Å²) in [5.74, 6) is 0. The minimum absolute atomic E-state index is 0.283. The van der Waals surface area contributed by atoms with Gasteiger partial charge in [-0.1, -0.05) is 36.4 Å². The Balaban J connectivity index is 1.97. The molecule has 1 aliphatic heterocycles. The standard InChI is InChI=1S/C19H22N2/c1-14-8-5-6-11-18(14)20-12-13-21(17(20)4)19-15(2)9-7-10-16(19)3/h5-13,17H,1-4H3. The Kier molecular flexibility index (Phi) is 3.46. The van der Waals surface area contributed by atoms with E-state index in [1.807, 2.05) is 0 Å². The average Bonchev–Trinajstić information content (AvgIpc) is 2.81. The molecule has 0 spiro atoms. The molecule has 0 N–H and O–H groups in total. The first kappa shape index (κ1) is 13.7. The molecule has 1 heterocycles. The fourth-order valence-electron chi connectivity index (χ4n) is 3.14. The van der Waals surface area contributed by atoms with Crippen LogP contribution >= 0.6 is 0 Å². The van der Waals surface area contributed by atoms with Crippen LogP contribution < -0.4 is 9.80 Å². The molecule has 2 heteroatoms. The second-order valence-electron chi connectivity index (χ2n) is 5.77. The molecule has 0 saturated carbocycles. The number of anilines is 2. The topological polar surface area (TPSA) is 6.48 Å². The smallest absolute Gasteiger partial charge is 0.107 e. The molecule has 0 radical (unpaired) electrons. The zero-order valence-electron chi connectivity index (χ0n) is 13.2. The van der Waals surface area contributed by atoms with Crippen LogP contribution in [0.5, 0.6) is 0 Å². The normalized spacial score (nSPS) is 17.6. The van der Waals surface area contributed by atoms with Crippen LogP contribution in [0, 0.1) is 20.8 Å². The number of nitrogens with zero attached hydrogens (tertiary/aromatic N) is 2. The summed E-state index contributed by atoms with van der Waals surface area (Å²) in [5.41, 5.74) is 6.53. The van der Waals surface area contributed by atoms with Crippen molar-refractivity contribution in [3.05, 3.63) is 71.6 Å². The first-order valence-electron chi connectivity index (χ1n) is 7.46. The van der Waals surface area contributed by atoms with Gasteiger partial charge in [0.1, 0.15) is 6.17 Å². The van der Waals surface area contributed by atoms with E-state index < -0.39 is 0 Å². The van der Waals surface area contributed by atoms with E-state index in [4.69, 9.17) is 0 Å². The molecule has 1 atom stereocenters. The Morgan fingerprint density at radius 3 is 1.95 bits per heavy atom. The van der Waals surface area contributed by atoms with Gasteiger partial charge in [0.15, 0.2) is 0 Å². The molecule has 0 bridgehead atoms. The number of hydrogen-bond acceptors (Lipinski definition) is 2. The van der Waals surface area contributed by atoms with E-state index in [2.05, 4.69) is 92.4 Å². The lowest BCUT2D eigenvalue weighted by atomic mass is 10.1. The summed E-state index contributed by atoms with van der Waals surface area (Å²) in [6.45, 7) is 8.77. The Morgan fingerprint density at radius 2 is 1.29 bits per heavy atom. The first-order chi connectivity index (χ1) is 10.1. The quantitative estimate of drug-likeness (QED) is 0.781. The third-order valence-electron chi connectivity index (χ3n) is 4.28. The van der Waals surface area contributed by atoms with Gasteiger partial charge in [-0.3, -0.25) is 0 Å². The molecule has 2 aromatic carbocycles. The third kappa shape index (κ3) is 2.31. The summed E-state index contributed by atoms with van der Waals surface area (Å²) in [7, 11) is 0. The molecule has 1 aliphatic rings. The van der Waals surface area contributed by atoms with Gasteiger partial charge in [-0.2, -0.15) is 0 Å². The highest BCUT2D eigenvalue weighted by Crippen LogP contribution is 2.34. The zero-order valence-corrected chi connectivity index (χ0v) is 13.2. The van der Waals surface area contributed by atoms with Crippen LogP contribution in [0.1, 0.15) is 23.6 Å². The summed E-state index contributed by atoms with van der Waals surface area (Å²) in [6, 6.07) is 15.0. The van der Waals surface area contributed by atoms with Gasteiger partial charge >= 0.3 is 0 Å². The van der Waals surface area contributed by atoms with Crippen molar-refractivity contribution in [1.82, 2.24) is 0 Å². The highest BCUT2D eigenvalue weighted by atomic mass is 15.4. The van der Waals surface area contributed by atoms with Gasteiger partial charge in [0.05, 0.1) is 0 Å². The third-order valence-corrected chi connectivity index (χ3v) is 4.28. The minimum atomic E-state index is 0.283. The van der Waals surface area contributed by atoms with Crippen LogP contribution in [0.25, 0.3) is 0 Å². The van der Waals surface area contributed by atoms with Crippen molar-refractivity contribution in [2.45, 2.75) is 33.9 Å². The maximum Gasteiger partial charge on any atom is 0.107 e. The van der Waals surface area contributed by atoms with Crippen LogP contribution in [0.2, 0.25) is 0 Å². The minimum Gasteiger partial charge on any atom is -0.325 e. The van der Waals surface area contributed by atoms with E-state index >= 15 is 0 Å². The maximum atomic E-state index is 2.36. The van der Waals surface area contributed by atoms with E-state index in [1.54, 1.807) is 0 Å². The van der Waals surface area contributed by atoms with E-state index in [1.165, 1.54) is 28.1 Å². The lowest BCUT2D eigenvalue weighted by molar-refractivity contribution is 0.745. The molecule has 1 unspecified atom stereocenters. The van der Waals surface area contributed by atoms with Gasteiger partial charge < -0.3 is 9.80 Å². The number of aryl methyl sites for hydroxylation is 3. The van der Waals surface area contributed by atoms with Crippen molar-refractivity contribution < 1.29 is 0 Å². The Hall–Kier alpha value is -2.22. The molecule has 0 amide bonds. The Labute approximate surface area is 127 Å². The number of para-hydroxylation sites is 2. The van der Waals surface area contributed by atoms with Crippen molar-refractivity contribution in [2.24, 2.45) is 0 Å². The van der Waals surface area contributed by atoms with Gasteiger partial charge in [0, 0.05) is 23.8 Å². The predicted octanol–water partition coefficient (Wildman–Crippen LogP) is 4.76. The highest BCUT2D eigenvalue weighted by Gasteiger charge is 2.26. The second-order valence-corrected chi connectivity index (χ2v) is 5.77. The summed E-state index contributed by atoms with van der Waals surface area (Å²) in [6.07, 6.45) is 4.65. The van der Waals surface area contributed by atoms with Gasteiger partial charge in [-0.15, -0.1) is 0 Å². The van der Waals surface area contributed by atoms with E-state index in [9.17, 15) is 0 Å². The number of hydrogen-bond donors (Lipinski definition) is 0. The first-order valence-corrected chi connectivity index (χ1v) is 7.46. The second kappa shape index (κ2) is 5.28. The van der Waals surface area contributed by atoms with Gasteiger partial charge in [0.25, 0.3) is 0 Å². The number of rotatable bonds is 2. The fraction of sp³-hybridized carbons (Fsp3) is 0.263. The molecule has 21 heavy (non-hydrogen) atoms. The molecule has 0 aliphatic carbocycles. The molecule has 0 saturated heterocycles. The van der Waals surface area contributed by atoms with Gasteiger partial charge in [-0.05, 0) is 50.5 Å². The van der Waals surface area contributed by atoms with E-state index in [0.29, 0.717) is 0 Å². The molecule has 2 nitrogen and oxygen atoms in total. The van der Waals surface area contributed by atoms with E-state index in [-0.39, 0.29) is 6.17 Å². The molecule has 0 fully saturated rings. The summed E-state index contributed by atoms with van der Waals surface area (Å²) < 4.78 is 0. The maximum absolute atomic E-state index is 2.36. The summed E-state index contributed by atoms with van der Waals surface area (Å²) in [5, 5.41) is 0. The van der Waals surface area contributed by atoms with Crippen LogP contribution in [0.3, 0.4) is 0 Å². The Bertz CT molecular complexity index is 667. The largest absolute Gasteiger partial charge is 0.325 e. The zero-order chi connectivity index (χ0) is 15.0. The molecular formula is C19H22N2. The lowest BCUT2D eigenvalue weighted by Crippen LogP contribution is -2.36. The molecule has 108 valence electrons. The average molecular weight is 278 g/mol. The van der Waals surface area contributed by atoms with Crippen molar-refractivity contribution in [3.8, 4) is 0 Å². The highest BCUT2D eigenvalue weighted by molar-refractivity contribution is 5.67. The molecular weight excluding hydrogens is 256 g/mol. The van der Waals surface area contributed by atoms with Crippen molar-refractivity contribution in [2.75, 3.05) is 9.80 Å². The summed E-state index contributed by atoms with van der Waals surface area (Å²) >= 11 is 0. The van der Waals surface area contributed by atoms with Crippen molar-refractivity contribution >= 4 is 11.4 Å². The van der Waals surface area contributed by atoms with Crippen molar-refractivity contribution in [3.63, 3.8) is 0 Å². The lowest BCUT2D eigenvalue weighted by Gasteiger charge is -2.32. The molecule has 3 rings (SSSR count). The van der Waals surface area contributed by atoms with Crippen LogP contribution in [-0.4, -0.2) is 6.17 Å².